The summed E-state index contributed by atoms with van der Waals surface area (Å²) in [6, 6.07) is 5.96. The van der Waals surface area contributed by atoms with E-state index in [0.29, 0.717) is 0 Å². The van der Waals surface area contributed by atoms with Crippen LogP contribution in [0.25, 0.3) is 0 Å². The van der Waals surface area contributed by atoms with Gasteiger partial charge >= 0.3 is 0 Å². The molecule has 0 bridgehead atoms. The van der Waals surface area contributed by atoms with Crippen molar-refractivity contribution >= 4 is 29.9 Å². The summed E-state index contributed by atoms with van der Waals surface area (Å²) in [7, 11) is 0. The molecule has 0 aliphatic heterocycles. The summed E-state index contributed by atoms with van der Waals surface area (Å²) in [5.41, 5.74) is 1.10. The molecule has 0 fully saturated rings. The van der Waals surface area contributed by atoms with Crippen molar-refractivity contribution in [3.8, 4) is 0 Å². The van der Waals surface area contributed by atoms with Crippen molar-refractivity contribution in [2.75, 3.05) is 13.1 Å². The molecule has 0 saturated heterocycles. The quantitative estimate of drug-likeness (QED) is 0.483. The number of nitrogens with one attached hydrogen (secondary N) is 2. The highest BCUT2D eigenvalue weighted by Crippen LogP contribution is 1.99. The highest BCUT2D eigenvalue weighted by molar-refractivity contribution is 14.0. The molecule has 108 valence electrons. The second-order valence-corrected chi connectivity index (χ2v) is 5.21. The van der Waals surface area contributed by atoms with Crippen molar-refractivity contribution in [1.29, 1.82) is 0 Å². The molecule has 0 saturated carbocycles. The second-order valence-electron chi connectivity index (χ2n) is 5.21. The third-order valence-electron chi connectivity index (χ3n) is 2.20. The number of hydrogen-bond acceptors (Lipinski definition) is 2. The lowest BCUT2D eigenvalue weighted by Crippen LogP contribution is -2.47. The molecule has 19 heavy (non-hydrogen) atoms. The minimum Gasteiger partial charge on any atom is -0.357 e. The average molecular weight is 376 g/mol. The van der Waals surface area contributed by atoms with Crippen molar-refractivity contribution < 1.29 is 0 Å². The molecule has 2 N–H and O–H groups in total. The average Bonchev–Trinajstić information content (AvgIpc) is 2.28. The Balaban J connectivity index is 0.00000324. The van der Waals surface area contributed by atoms with Gasteiger partial charge in [0.15, 0.2) is 5.96 Å². The monoisotopic (exact) mass is 376 g/mol. The largest absolute Gasteiger partial charge is 0.357 e. The number of pyridine rings is 1. The van der Waals surface area contributed by atoms with Gasteiger partial charge in [-0.25, -0.2) is 0 Å². The fourth-order valence-electron chi connectivity index (χ4n) is 1.49. The molecule has 0 aliphatic rings. The maximum atomic E-state index is 4.55. The lowest BCUT2D eigenvalue weighted by molar-refractivity contribution is 0.501. The summed E-state index contributed by atoms with van der Waals surface area (Å²) < 4.78 is 0. The molecule has 0 aliphatic carbocycles. The van der Waals surface area contributed by atoms with Crippen LogP contribution in [0.5, 0.6) is 0 Å². The van der Waals surface area contributed by atoms with Gasteiger partial charge in [0, 0.05) is 36.9 Å². The van der Waals surface area contributed by atoms with Crippen molar-refractivity contribution in [2.45, 2.75) is 39.7 Å². The molecule has 0 aromatic carbocycles. The van der Waals surface area contributed by atoms with Gasteiger partial charge < -0.3 is 10.6 Å². The number of hydrogen-bond donors (Lipinski definition) is 2. The van der Waals surface area contributed by atoms with Crippen LogP contribution >= 0.6 is 24.0 Å². The molecule has 1 aromatic heterocycles. The van der Waals surface area contributed by atoms with Gasteiger partial charge in [-0.2, -0.15) is 0 Å². The van der Waals surface area contributed by atoms with E-state index in [-0.39, 0.29) is 29.5 Å². The van der Waals surface area contributed by atoms with Crippen molar-refractivity contribution in [3.05, 3.63) is 30.1 Å². The summed E-state index contributed by atoms with van der Waals surface area (Å²) in [5.74, 6) is 0.862. The molecule has 0 spiro atoms. The molecular weight excluding hydrogens is 351 g/mol. The number of aliphatic imine (C=N–C) groups is 1. The number of nitrogens with zero attached hydrogens (tertiary/aromatic N) is 2. The molecule has 5 heteroatoms. The van der Waals surface area contributed by atoms with E-state index in [1.807, 2.05) is 24.4 Å². The fraction of sp³-hybridized carbons (Fsp3) is 0.571. The molecule has 0 radical (unpaired) electrons. The van der Waals surface area contributed by atoms with E-state index in [1.54, 1.807) is 0 Å². The van der Waals surface area contributed by atoms with Crippen LogP contribution in [0, 0.1) is 0 Å². The summed E-state index contributed by atoms with van der Waals surface area (Å²) in [6.07, 6.45) is 2.68. The lowest BCUT2D eigenvalue weighted by atomic mass is 10.1. The highest BCUT2D eigenvalue weighted by atomic mass is 127. The molecule has 4 nitrogen and oxygen atoms in total. The summed E-state index contributed by atoms with van der Waals surface area (Å²) in [5, 5.41) is 6.61. The van der Waals surface area contributed by atoms with Gasteiger partial charge in [0.1, 0.15) is 0 Å². The third kappa shape index (κ3) is 8.80. The number of halogens is 1. The SMILES string of the molecule is CCNC(=NCCc1ccccn1)NC(C)(C)C.I. The summed E-state index contributed by atoms with van der Waals surface area (Å²) in [4.78, 5) is 8.83. The lowest BCUT2D eigenvalue weighted by Gasteiger charge is -2.23. The Bertz CT molecular complexity index is 371. The van der Waals surface area contributed by atoms with Crippen LogP contribution in [-0.4, -0.2) is 29.6 Å². The van der Waals surface area contributed by atoms with E-state index in [0.717, 1.165) is 31.2 Å². The van der Waals surface area contributed by atoms with E-state index in [4.69, 9.17) is 0 Å². The number of guanidine groups is 1. The third-order valence-corrected chi connectivity index (χ3v) is 2.20. The first-order valence-corrected chi connectivity index (χ1v) is 6.47. The van der Waals surface area contributed by atoms with Crippen LogP contribution in [0.4, 0.5) is 0 Å². The van der Waals surface area contributed by atoms with E-state index in [9.17, 15) is 0 Å². The Morgan fingerprint density at radius 2 is 2.05 bits per heavy atom. The van der Waals surface area contributed by atoms with Gasteiger partial charge in [-0.3, -0.25) is 9.98 Å². The molecule has 0 atom stereocenters. The first-order valence-electron chi connectivity index (χ1n) is 6.47. The molecule has 1 heterocycles. The van der Waals surface area contributed by atoms with E-state index >= 15 is 0 Å². The van der Waals surface area contributed by atoms with Crippen LogP contribution in [0.3, 0.4) is 0 Å². The molecule has 0 amide bonds. The zero-order chi connectivity index (χ0) is 13.4. The van der Waals surface area contributed by atoms with Crippen LogP contribution in [0.1, 0.15) is 33.4 Å². The standard InChI is InChI=1S/C14H24N4.HI/c1-5-15-13(18-14(2,3)4)17-11-9-12-8-6-7-10-16-12;/h6-8,10H,5,9,11H2,1-4H3,(H2,15,17,18);1H. The minimum atomic E-state index is 0. The second kappa shape index (κ2) is 9.12. The smallest absolute Gasteiger partial charge is 0.191 e. The predicted octanol–water partition coefficient (Wildman–Crippen LogP) is 2.60. The van der Waals surface area contributed by atoms with Gasteiger partial charge in [-0.05, 0) is 39.8 Å². The molecular formula is C14H25IN4. The summed E-state index contributed by atoms with van der Waals surface area (Å²) >= 11 is 0. The van der Waals surface area contributed by atoms with Crippen LogP contribution < -0.4 is 10.6 Å². The predicted molar refractivity (Wildman–Crippen MR) is 92.2 cm³/mol. The maximum Gasteiger partial charge on any atom is 0.191 e. The van der Waals surface area contributed by atoms with Crippen LogP contribution in [0.2, 0.25) is 0 Å². The first kappa shape index (κ1) is 18.1. The van der Waals surface area contributed by atoms with Gasteiger partial charge in [0.05, 0.1) is 0 Å². The molecule has 1 aromatic rings. The maximum absolute atomic E-state index is 4.55. The Hall–Kier alpha value is -0.850. The minimum absolute atomic E-state index is 0. The van der Waals surface area contributed by atoms with Gasteiger partial charge in [-0.15, -0.1) is 24.0 Å². The Morgan fingerprint density at radius 1 is 1.32 bits per heavy atom. The van der Waals surface area contributed by atoms with Gasteiger partial charge in [0.25, 0.3) is 0 Å². The number of aromatic nitrogens is 1. The fourth-order valence-corrected chi connectivity index (χ4v) is 1.49. The molecule has 1 rings (SSSR count). The van der Waals surface area contributed by atoms with Gasteiger partial charge in [-0.1, -0.05) is 6.07 Å². The first-order chi connectivity index (χ1) is 8.51. The van der Waals surface area contributed by atoms with E-state index < -0.39 is 0 Å². The Morgan fingerprint density at radius 3 is 2.58 bits per heavy atom. The van der Waals surface area contributed by atoms with E-state index in [2.05, 4.69) is 48.3 Å². The normalized spacial score (nSPS) is 11.7. The van der Waals surface area contributed by atoms with Crippen molar-refractivity contribution in [2.24, 2.45) is 4.99 Å². The Labute approximate surface area is 133 Å². The van der Waals surface area contributed by atoms with Crippen molar-refractivity contribution in [3.63, 3.8) is 0 Å². The Kier molecular flexibility index (Phi) is 8.71. The highest BCUT2D eigenvalue weighted by Gasteiger charge is 2.11. The topological polar surface area (TPSA) is 49.3 Å². The summed E-state index contributed by atoms with van der Waals surface area (Å²) in [6.45, 7) is 10.0. The number of rotatable bonds is 4. The molecule has 0 unspecified atom stereocenters. The zero-order valence-corrected chi connectivity index (χ0v) is 14.6. The van der Waals surface area contributed by atoms with Crippen LogP contribution in [0.15, 0.2) is 29.4 Å². The van der Waals surface area contributed by atoms with Crippen LogP contribution in [-0.2, 0) is 6.42 Å². The van der Waals surface area contributed by atoms with E-state index in [1.165, 1.54) is 0 Å². The van der Waals surface area contributed by atoms with Crippen molar-refractivity contribution in [1.82, 2.24) is 15.6 Å². The zero-order valence-electron chi connectivity index (χ0n) is 12.2. The van der Waals surface area contributed by atoms with Gasteiger partial charge in [0.2, 0.25) is 0 Å².